The van der Waals surface area contributed by atoms with Crippen LogP contribution in [0.15, 0.2) is 53.3 Å². The van der Waals surface area contributed by atoms with E-state index in [-0.39, 0.29) is 17.5 Å². The zero-order chi connectivity index (χ0) is 24.5. The van der Waals surface area contributed by atoms with Gasteiger partial charge in [-0.25, -0.2) is 4.98 Å². The number of amides is 1. The molecule has 0 aliphatic carbocycles. The van der Waals surface area contributed by atoms with E-state index in [9.17, 15) is 9.59 Å². The average molecular weight is 462 g/mol. The largest absolute Gasteiger partial charge is 0.333 e. The molecule has 34 heavy (non-hydrogen) atoms. The molecule has 0 bridgehead atoms. The van der Waals surface area contributed by atoms with Crippen LogP contribution in [-0.4, -0.2) is 26.9 Å². The smallest absolute Gasteiger partial charge is 0.266 e. The molecule has 182 valence electrons. The Morgan fingerprint density at radius 2 is 1.74 bits per heavy atom. The standard InChI is InChI=1S/C29H39N3O2/c1-5-8-10-13-20-31(27(33)19-9-6-2)26(7-3)28-30-25-18-12-11-17-24(25)29(34)32(28)23-16-14-15-22(4)21-23/h11-12,14-18,21,26H,5-10,13,19-20H2,1-4H3. The SMILES string of the molecule is CCCCCCN(C(=O)CCCC)C(CC)c1nc2ccccc2c(=O)n1-c1cccc(C)c1. The summed E-state index contributed by atoms with van der Waals surface area (Å²) < 4.78 is 1.73. The van der Waals surface area contributed by atoms with Crippen LogP contribution in [-0.2, 0) is 4.79 Å². The number of benzene rings is 2. The van der Waals surface area contributed by atoms with Gasteiger partial charge in [0.1, 0.15) is 5.82 Å². The summed E-state index contributed by atoms with van der Waals surface area (Å²) >= 11 is 0. The van der Waals surface area contributed by atoms with Crippen molar-refractivity contribution in [3.05, 3.63) is 70.3 Å². The lowest BCUT2D eigenvalue weighted by Crippen LogP contribution is -2.39. The maximum Gasteiger partial charge on any atom is 0.266 e. The van der Waals surface area contributed by atoms with Crippen LogP contribution >= 0.6 is 0 Å². The van der Waals surface area contributed by atoms with Gasteiger partial charge < -0.3 is 4.90 Å². The quantitative estimate of drug-likeness (QED) is 0.281. The summed E-state index contributed by atoms with van der Waals surface area (Å²) in [4.78, 5) is 34.2. The lowest BCUT2D eigenvalue weighted by atomic mass is 10.1. The third-order valence-corrected chi connectivity index (χ3v) is 6.44. The van der Waals surface area contributed by atoms with Gasteiger partial charge in [-0.15, -0.1) is 0 Å². The highest BCUT2D eigenvalue weighted by Crippen LogP contribution is 2.27. The Hall–Kier alpha value is -2.95. The van der Waals surface area contributed by atoms with Crippen LogP contribution < -0.4 is 5.56 Å². The lowest BCUT2D eigenvalue weighted by Gasteiger charge is -2.32. The number of nitrogens with zero attached hydrogens (tertiary/aromatic N) is 3. The second-order valence-electron chi connectivity index (χ2n) is 9.14. The van der Waals surface area contributed by atoms with Gasteiger partial charge in [-0.3, -0.25) is 14.2 Å². The molecule has 1 atom stereocenters. The molecule has 3 rings (SSSR count). The van der Waals surface area contributed by atoms with Gasteiger partial charge in [0, 0.05) is 13.0 Å². The molecule has 0 aliphatic heterocycles. The highest BCUT2D eigenvalue weighted by molar-refractivity contribution is 5.79. The summed E-state index contributed by atoms with van der Waals surface area (Å²) in [5, 5.41) is 0.592. The third-order valence-electron chi connectivity index (χ3n) is 6.44. The molecule has 0 radical (unpaired) electrons. The summed E-state index contributed by atoms with van der Waals surface area (Å²) in [6.07, 6.45) is 7.46. The maximum atomic E-state index is 13.8. The van der Waals surface area contributed by atoms with Gasteiger partial charge in [0.15, 0.2) is 0 Å². The molecule has 5 heteroatoms. The number of aryl methyl sites for hydroxylation is 1. The minimum absolute atomic E-state index is 0.0865. The van der Waals surface area contributed by atoms with Crippen LogP contribution in [0.25, 0.3) is 16.6 Å². The van der Waals surface area contributed by atoms with Crippen LogP contribution in [0.5, 0.6) is 0 Å². The van der Waals surface area contributed by atoms with E-state index < -0.39 is 0 Å². The second kappa shape index (κ2) is 12.5. The molecule has 2 aromatic carbocycles. The zero-order valence-electron chi connectivity index (χ0n) is 21.2. The molecular formula is C29H39N3O2. The predicted molar refractivity (Wildman–Crippen MR) is 140 cm³/mol. The third kappa shape index (κ3) is 5.94. The first kappa shape index (κ1) is 25.7. The Balaban J connectivity index is 2.17. The molecule has 0 aliphatic rings. The molecular weight excluding hydrogens is 422 g/mol. The monoisotopic (exact) mass is 461 g/mol. The topological polar surface area (TPSA) is 55.2 Å². The minimum Gasteiger partial charge on any atom is -0.333 e. The van der Waals surface area contributed by atoms with Crippen LogP contribution in [0, 0.1) is 6.92 Å². The molecule has 0 saturated carbocycles. The van der Waals surface area contributed by atoms with Crippen molar-refractivity contribution in [1.29, 1.82) is 0 Å². The number of para-hydroxylation sites is 1. The number of unbranched alkanes of at least 4 members (excludes halogenated alkanes) is 4. The first-order valence-electron chi connectivity index (χ1n) is 12.9. The van der Waals surface area contributed by atoms with Crippen molar-refractivity contribution in [2.24, 2.45) is 0 Å². The van der Waals surface area contributed by atoms with Crippen molar-refractivity contribution in [2.75, 3.05) is 6.54 Å². The van der Waals surface area contributed by atoms with Gasteiger partial charge in [-0.2, -0.15) is 0 Å². The highest BCUT2D eigenvalue weighted by atomic mass is 16.2. The molecule has 0 saturated heterocycles. The Bertz CT molecular complexity index is 1150. The fourth-order valence-electron chi connectivity index (χ4n) is 4.57. The van der Waals surface area contributed by atoms with E-state index in [0.717, 1.165) is 49.8 Å². The summed E-state index contributed by atoms with van der Waals surface area (Å²) in [5.41, 5.74) is 2.46. The predicted octanol–water partition coefficient (Wildman–Crippen LogP) is 6.74. The van der Waals surface area contributed by atoms with Gasteiger partial charge in [0.05, 0.1) is 22.6 Å². The number of hydrogen-bond acceptors (Lipinski definition) is 3. The zero-order valence-corrected chi connectivity index (χ0v) is 21.2. The minimum atomic E-state index is -0.260. The van der Waals surface area contributed by atoms with Gasteiger partial charge >= 0.3 is 0 Å². The van der Waals surface area contributed by atoms with Crippen LogP contribution in [0.4, 0.5) is 0 Å². The van der Waals surface area contributed by atoms with E-state index in [1.165, 1.54) is 0 Å². The molecule has 0 N–H and O–H groups in total. The van der Waals surface area contributed by atoms with Gasteiger partial charge in [0.25, 0.3) is 5.56 Å². The van der Waals surface area contributed by atoms with Crippen molar-refractivity contribution in [3.8, 4) is 5.69 Å². The second-order valence-corrected chi connectivity index (χ2v) is 9.14. The van der Waals surface area contributed by atoms with E-state index in [1.54, 1.807) is 4.57 Å². The Labute approximate surface area is 203 Å². The fourth-order valence-corrected chi connectivity index (χ4v) is 4.57. The molecule has 0 fully saturated rings. The van der Waals surface area contributed by atoms with Crippen molar-refractivity contribution >= 4 is 16.8 Å². The van der Waals surface area contributed by atoms with Crippen LogP contribution in [0.2, 0.25) is 0 Å². The van der Waals surface area contributed by atoms with E-state index in [1.807, 2.05) is 60.4 Å². The molecule has 3 aromatic rings. The first-order chi connectivity index (χ1) is 16.5. The number of aromatic nitrogens is 2. The molecule has 1 unspecified atom stereocenters. The molecule has 1 amide bonds. The number of hydrogen-bond donors (Lipinski definition) is 0. The molecule has 1 aromatic heterocycles. The van der Waals surface area contributed by atoms with E-state index in [0.29, 0.717) is 36.1 Å². The Morgan fingerprint density at radius 3 is 2.44 bits per heavy atom. The maximum absolute atomic E-state index is 13.8. The Morgan fingerprint density at radius 1 is 0.971 bits per heavy atom. The van der Waals surface area contributed by atoms with E-state index >= 15 is 0 Å². The fraction of sp³-hybridized carbons (Fsp3) is 0.483. The van der Waals surface area contributed by atoms with Crippen LogP contribution in [0.1, 0.15) is 89.6 Å². The Kier molecular flexibility index (Phi) is 9.43. The summed E-state index contributed by atoms with van der Waals surface area (Å²) in [5.74, 6) is 0.806. The number of rotatable bonds is 12. The lowest BCUT2D eigenvalue weighted by molar-refractivity contribution is -0.134. The number of carbonyl (C=O) groups excluding carboxylic acids is 1. The van der Waals surface area contributed by atoms with Gasteiger partial charge in [-0.1, -0.05) is 70.7 Å². The molecule has 0 spiro atoms. The summed E-state index contributed by atoms with van der Waals surface area (Å²) in [6, 6.07) is 15.2. The number of fused-ring (bicyclic) bond motifs is 1. The van der Waals surface area contributed by atoms with Gasteiger partial charge in [0.2, 0.25) is 5.91 Å². The average Bonchev–Trinajstić information content (AvgIpc) is 2.84. The molecule has 5 nitrogen and oxygen atoms in total. The first-order valence-corrected chi connectivity index (χ1v) is 12.9. The number of carbonyl (C=O) groups is 1. The van der Waals surface area contributed by atoms with E-state index in [4.69, 9.17) is 4.98 Å². The molecule has 1 heterocycles. The van der Waals surface area contributed by atoms with Crippen LogP contribution in [0.3, 0.4) is 0 Å². The van der Waals surface area contributed by atoms with Crippen molar-refractivity contribution in [1.82, 2.24) is 14.5 Å². The highest BCUT2D eigenvalue weighted by Gasteiger charge is 2.28. The summed E-state index contributed by atoms with van der Waals surface area (Å²) in [7, 11) is 0. The summed E-state index contributed by atoms with van der Waals surface area (Å²) in [6.45, 7) is 9.10. The van der Waals surface area contributed by atoms with Crippen molar-refractivity contribution in [3.63, 3.8) is 0 Å². The normalized spacial score (nSPS) is 12.1. The van der Waals surface area contributed by atoms with Gasteiger partial charge in [-0.05, 0) is 56.0 Å². The van der Waals surface area contributed by atoms with Crippen molar-refractivity contribution < 1.29 is 4.79 Å². The van der Waals surface area contributed by atoms with E-state index in [2.05, 4.69) is 20.8 Å². The van der Waals surface area contributed by atoms with Crippen molar-refractivity contribution in [2.45, 2.75) is 85.1 Å².